The molecule has 4 heteroatoms. The molecule has 0 amide bonds. The summed E-state index contributed by atoms with van der Waals surface area (Å²) in [5.41, 5.74) is 2.55. The van der Waals surface area contributed by atoms with Crippen molar-refractivity contribution in [1.29, 1.82) is 0 Å². The van der Waals surface area contributed by atoms with Gasteiger partial charge in [-0.1, -0.05) is 49.7 Å². The molecule has 0 saturated carbocycles. The van der Waals surface area contributed by atoms with Crippen molar-refractivity contribution in [3.8, 4) is 0 Å². The van der Waals surface area contributed by atoms with Gasteiger partial charge in [0.05, 0.1) is 4.90 Å². The van der Waals surface area contributed by atoms with Gasteiger partial charge in [-0.3, -0.25) is 0 Å². The molecule has 0 saturated heterocycles. The van der Waals surface area contributed by atoms with Crippen molar-refractivity contribution in [2.75, 3.05) is 6.26 Å². The van der Waals surface area contributed by atoms with Crippen molar-refractivity contribution in [2.24, 2.45) is 0 Å². The van der Waals surface area contributed by atoms with Crippen molar-refractivity contribution in [1.82, 2.24) is 0 Å². The molecule has 0 bridgehead atoms. The Kier molecular flexibility index (Phi) is 4.80. The predicted molar refractivity (Wildman–Crippen MR) is 84.1 cm³/mol. The largest absolute Gasteiger partial charge is 0.384 e. The van der Waals surface area contributed by atoms with E-state index in [9.17, 15) is 13.5 Å². The summed E-state index contributed by atoms with van der Waals surface area (Å²) in [7, 11) is -3.27. The molecule has 2 aromatic rings. The smallest absolute Gasteiger partial charge is 0.175 e. The molecule has 0 aliphatic carbocycles. The molecule has 1 unspecified atom stereocenters. The minimum Gasteiger partial charge on any atom is -0.384 e. The van der Waals surface area contributed by atoms with Crippen molar-refractivity contribution >= 4 is 9.84 Å². The fourth-order valence-electron chi connectivity index (χ4n) is 2.32. The van der Waals surface area contributed by atoms with Gasteiger partial charge in [0.15, 0.2) is 9.84 Å². The molecular weight excluding hydrogens is 284 g/mol. The van der Waals surface area contributed by atoms with Gasteiger partial charge in [0.2, 0.25) is 0 Å². The number of sulfone groups is 1. The van der Waals surface area contributed by atoms with Gasteiger partial charge in [-0.15, -0.1) is 0 Å². The third kappa shape index (κ3) is 3.93. The molecule has 0 aliphatic heterocycles. The molecule has 21 heavy (non-hydrogen) atoms. The van der Waals surface area contributed by atoms with Gasteiger partial charge in [0.1, 0.15) is 6.10 Å². The third-order valence-corrected chi connectivity index (χ3v) is 4.52. The van der Waals surface area contributed by atoms with Crippen LogP contribution in [0.5, 0.6) is 0 Å². The van der Waals surface area contributed by atoms with Crippen LogP contribution in [-0.2, 0) is 16.3 Å². The Hall–Kier alpha value is -1.65. The Balaban J connectivity index is 2.36. The normalized spacial score (nSPS) is 13.1. The summed E-state index contributed by atoms with van der Waals surface area (Å²) in [6.45, 7) is 2.11. The maximum absolute atomic E-state index is 11.6. The highest BCUT2D eigenvalue weighted by Gasteiger charge is 2.14. The second-order valence-electron chi connectivity index (χ2n) is 5.24. The summed E-state index contributed by atoms with van der Waals surface area (Å²) in [5, 5.41) is 10.5. The van der Waals surface area contributed by atoms with Crippen LogP contribution in [0.1, 0.15) is 36.1 Å². The molecule has 2 aromatic carbocycles. The first-order chi connectivity index (χ1) is 9.91. The lowest BCUT2D eigenvalue weighted by atomic mass is 9.98. The number of benzene rings is 2. The molecular formula is C17H20O3S. The minimum absolute atomic E-state index is 0.226. The van der Waals surface area contributed by atoms with E-state index >= 15 is 0 Å². The Morgan fingerprint density at radius 2 is 1.67 bits per heavy atom. The second-order valence-corrected chi connectivity index (χ2v) is 7.26. The van der Waals surface area contributed by atoms with Gasteiger partial charge in [-0.05, 0) is 35.2 Å². The predicted octanol–water partition coefficient (Wildman–Crippen LogP) is 3.12. The van der Waals surface area contributed by atoms with Crippen LogP contribution in [0.2, 0.25) is 0 Å². The summed E-state index contributed by atoms with van der Waals surface area (Å²) >= 11 is 0. The summed E-state index contributed by atoms with van der Waals surface area (Å²) in [5.74, 6) is 0. The molecule has 0 radical (unpaired) electrons. The number of hydrogen-bond donors (Lipinski definition) is 1. The molecule has 0 fully saturated rings. The molecule has 0 aliphatic rings. The van der Waals surface area contributed by atoms with E-state index in [4.69, 9.17) is 0 Å². The molecule has 0 heterocycles. The van der Waals surface area contributed by atoms with E-state index in [1.165, 1.54) is 17.9 Å². The summed E-state index contributed by atoms with van der Waals surface area (Å²) < 4.78 is 23.2. The highest BCUT2D eigenvalue weighted by atomic mass is 32.2. The van der Waals surface area contributed by atoms with Crippen LogP contribution < -0.4 is 0 Å². The Morgan fingerprint density at radius 1 is 1.05 bits per heavy atom. The molecule has 0 spiro atoms. The number of aliphatic hydroxyl groups is 1. The third-order valence-electron chi connectivity index (χ3n) is 3.41. The van der Waals surface area contributed by atoms with Crippen molar-refractivity contribution in [2.45, 2.75) is 30.8 Å². The van der Waals surface area contributed by atoms with Gasteiger partial charge in [0.25, 0.3) is 0 Å². The molecule has 112 valence electrons. The van der Waals surface area contributed by atoms with Gasteiger partial charge < -0.3 is 5.11 Å². The quantitative estimate of drug-likeness (QED) is 0.923. The van der Waals surface area contributed by atoms with E-state index in [1.807, 2.05) is 24.3 Å². The van der Waals surface area contributed by atoms with Crippen LogP contribution in [0.3, 0.4) is 0 Å². The zero-order chi connectivity index (χ0) is 15.5. The maximum Gasteiger partial charge on any atom is 0.175 e. The molecule has 2 rings (SSSR count). The lowest BCUT2D eigenvalue weighted by Crippen LogP contribution is -2.03. The average molecular weight is 304 g/mol. The fourth-order valence-corrected chi connectivity index (χ4v) is 2.99. The standard InChI is InChI=1S/C17H20O3S/c1-3-6-13-7-4-8-14(11-13)17(18)15-9-5-10-16(12-15)21(2,19)20/h4-5,7-12,17-18H,3,6H2,1-2H3. The summed E-state index contributed by atoms with van der Waals surface area (Å²) in [6.07, 6.45) is 2.36. The molecule has 1 atom stereocenters. The number of rotatable bonds is 5. The molecule has 0 aromatic heterocycles. The van der Waals surface area contributed by atoms with Crippen LogP contribution in [0.25, 0.3) is 0 Å². The molecule has 1 N–H and O–H groups in total. The zero-order valence-electron chi connectivity index (χ0n) is 12.3. The Labute approximate surface area is 126 Å². The number of hydrogen-bond acceptors (Lipinski definition) is 3. The highest BCUT2D eigenvalue weighted by Crippen LogP contribution is 2.25. The van der Waals surface area contributed by atoms with Crippen molar-refractivity contribution in [3.05, 3.63) is 65.2 Å². The van der Waals surface area contributed by atoms with Crippen molar-refractivity contribution in [3.63, 3.8) is 0 Å². The number of aliphatic hydroxyl groups excluding tert-OH is 1. The van der Waals surface area contributed by atoms with Crippen molar-refractivity contribution < 1.29 is 13.5 Å². The SMILES string of the molecule is CCCc1cccc(C(O)c2cccc(S(C)(=O)=O)c2)c1. The van der Waals surface area contributed by atoms with E-state index in [2.05, 4.69) is 6.92 Å². The Morgan fingerprint density at radius 3 is 2.29 bits per heavy atom. The van der Waals surface area contributed by atoms with E-state index in [0.717, 1.165) is 18.4 Å². The van der Waals surface area contributed by atoms with Crippen LogP contribution >= 0.6 is 0 Å². The van der Waals surface area contributed by atoms with E-state index < -0.39 is 15.9 Å². The lowest BCUT2D eigenvalue weighted by molar-refractivity contribution is 0.220. The summed E-state index contributed by atoms with van der Waals surface area (Å²) in [6, 6.07) is 14.3. The van der Waals surface area contributed by atoms with E-state index in [-0.39, 0.29) is 4.90 Å². The van der Waals surface area contributed by atoms with E-state index in [0.29, 0.717) is 5.56 Å². The zero-order valence-corrected chi connectivity index (χ0v) is 13.1. The maximum atomic E-state index is 11.6. The second kappa shape index (κ2) is 6.41. The van der Waals surface area contributed by atoms with Crippen LogP contribution in [-0.4, -0.2) is 19.8 Å². The first kappa shape index (κ1) is 15.7. The Bertz CT molecular complexity index is 720. The topological polar surface area (TPSA) is 54.4 Å². The van der Waals surface area contributed by atoms with E-state index in [1.54, 1.807) is 18.2 Å². The van der Waals surface area contributed by atoms with Gasteiger partial charge >= 0.3 is 0 Å². The van der Waals surface area contributed by atoms with Gasteiger partial charge in [0, 0.05) is 6.26 Å². The number of aryl methyl sites for hydroxylation is 1. The minimum atomic E-state index is -3.27. The fraction of sp³-hybridized carbons (Fsp3) is 0.294. The lowest BCUT2D eigenvalue weighted by Gasteiger charge is -2.13. The summed E-state index contributed by atoms with van der Waals surface area (Å²) in [4.78, 5) is 0.226. The molecule has 3 nitrogen and oxygen atoms in total. The average Bonchev–Trinajstić information content (AvgIpc) is 2.46. The van der Waals surface area contributed by atoms with Crippen LogP contribution in [0, 0.1) is 0 Å². The van der Waals surface area contributed by atoms with Crippen LogP contribution in [0.15, 0.2) is 53.4 Å². The highest BCUT2D eigenvalue weighted by molar-refractivity contribution is 7.90. The first-order valence-corrected chi connectivity index (χ1v) is 8.88. The first-order valence-electron chi connectivity index (χ1n) is 6.98. The monoisotopic (exact) mass is 304 g/mol. The van der Waals surface area contributed by atoms with Crippen LogP contribution in [0.4, 0.5) is 0 Å². The van der Waals surface area contributed by atoms with Gasteiger partial charge in [-0.25, -0.2) is 8.42 Å². The van der Waals surface area contributed by atoms with Gasteiger partial charge in [-0.2, -0.15) is 0 Å².